The van der Waals surface area contributed by atoms with Gasteiger partial charge in [0.25, 0.3) is 0 Å². The molecule has 0 aromatic heterocycles. The number of anilines is 1. The van der Waals surface area contributed by atoms with Crippen molar-refractivity contribution in [1.82, 2.24) is 4.72 Å². The van der Waals surface area contributed by atoms with Gasteiger partial charge in [-0.1, -0.05) is 0 Å². The van der Waals surface area contributed by atoms with Gasteiger partial charge in [0.15, 0.2) is 0 Å². The molecule has 0 fully saturated rings. The summed E-state index contributed by atoms with van der Waals surface area (Å²) in [6.07, 6.45) is -5.19. The summed E-state index contributed by atoms with van der Waals surface area (Å²) in [5.74, 6) is 0.0813. The molecule has 0 spiro atoms. The lowest BCUT2D eigenvalue weighted by Crippen LogP contribution is -2.25. The summed E-state index contributed by atoms with van der Waals surface area (Å²) in [6.45, 7) is -0.0774. The Labute approximate surface area is 121 Å². The molecule has 1 aromatic rings. The van der Waals surface area contributed by atoms with E-state index in [1.807, 2.05) is 0 Å². The largest absolute Gasteiger partial charge is 0.495 e. The third-order valence-corrected chi connectivity index (χ3v) is 4.16. The summed E-state index contributed by atoms with van der Waals surface area (Å²) < 4.78 is 67.1. The monoisotopic (exact) mass is 326 g/mol. The maximum atomic E-state index is 12.0. The van der Waals surface area contributed by atoms with E-state index in [0.29, 0.717) is 5.69 Å². The zero-order chi connectivity index (χ0) is 16.1. The second kappa shape index (κ2) is 6.99. The number of nitrogen functional groups attached to an aromatic ring is 1. The molecule has 1 rings (SSSR count). The van der Waals surface area contributed by atoms with Crippen LogP contribution in [0.1, 0.15) is 19.3 Å². The highest BCUT2D eigenvalue weighted by molar-refractivity contribution is 7.89. The van der Waals surface area contributed by atoms with Crippen LogP contribution in [0.25, 0.3) is 0 Å². The number of hydrogen-bond acceptors (Lipinski definition) is 4. The van der Waals surface area contributed by atoms with E-state index in [1.165, 1.54) is 25.3 Å². The second-order valence-electron chi connectivity index (χ2n) is 4.38. The number of methoxy groups -OCH3 is 1. The zero-order valence-electron chi connectivity index (χ0n) is 11.4. The van der Waals surface area contributed by atoms with E-state index in [2.05, 4.69) is 4.72 Å². The molecule has 0 bridgehead atoms. The first-order valence-corrected chi connectivity index (χ1v) is 7.64. The van der Waals surface area contributed by atoms with Crippen molar-refractivity contribution in [3.63, 3.8) is 0 Å². The summed E-state index contributed by atoms with van der Waals surface area (Å²) in [5, 5.41) is 0. The number of nitrogens with two attached hydrogens (primary N) is 1. The van der Waals surface area contributed by atoms with E-state index in [9.17, 15) is 21.6 Å². The highest BCUT2D eigenvalue weighted by atomic mass is 32.2. The molecular weight excluding hydrogens is 309 g/mol. The SMILES string of the molecule is COc1cc(N)ccc1S(=O)(=O)NCCCCC(F)(F)F. The Kier molecular flexibility index (Phi) is 5.85. The molecule has 0 radical (unpaired) electrons. The Morgan fingerprint density at radius 1 is 1.29 bits per heavy atom. The smallest absolute Gasteiger partial charge is 0.389 e. The molecule has 0 aliphatic heterocycles. The highest BCUT2D eigenvalue weighted by Gasteiger charge is 2.26. The first-order valence-electron chi connectivity index (χ1n) is 6.15. The second-order valence-corrected chi connectivity index (χ2v) is 6.12. The van der Waals surface area contributed by atoms with Gasteiger partial charge in [-0.2, -0.15) is 13.2 Å². The number of hydrogen-bond donors (Lipinski definition) is 2. The summed E-state index contributed by atoms with van der Waals surface area (Å²) in [6, 6.07) is 4.05. The fraction of sp³-hybridized carbons (Fsp3) is 0.500. The van der Waals surface area contributed by atoms with E-state index in [1.54, 1.807) is 0 Å². The number of sulfonamides is 1. The number of rotatable bonds is 7. The molecule has 9 heteroatoms. The van der Waals surface area contributed by atoms with E-state index < -0.39 is 22.6 Å². The van der Waals surface area contributed by atoms with Crippen LogP contribution in [0.3, 0.4) is 0 Å². The molecule has 0 saturated carbocycles. The maximum Gasteiger partial charge on any atom is 0.389 e. The fourth-order valence-corrected chi connectivity index (χ4v) is 2.86. The summed E-state index contributed by atoms with van der Waals surface area (Å²) in [5.41, 5.74) is 5.87. The number of nitrogens with one attached hydrogen (secondary N) is 1. The minimum absolute atomic E-state index is 0.0774. The van der Waals surface area contributed by atoms with Gasteiger partial charge in [-0.25, -0.2) is 13.1 Å². The Morgan fingerprint density at radius 2 is 1.95 bits per heavy atom. The number of alkyl halides is 3. The minimum Gasteiger partial charge on any atom is -0.495 e. The van der Waals surface area contributed by atoms with E-state index in [4.69, 9.17) is 10.5 Å². The molecule has 120 valence electrons. The van der Waals surface area contributed by atoms with Crippen LogP contribution in [0.5, 0.6) is 5.75 Å². The van der Waals surface area contributed by atoms with Crippen LogP contribution in [0.4, 0.5) is 18.9 Å². The molecule has 3 N–H and O–H groups in total. The minimum atomic E-state index is -4.22. The molecule has 0 aliphatic rings. The molecule has 0 saturated heterocycles. The molecule has 0 aliphatic carbocycles. The van der Waals surface area contributed by atoms with Gasteiger partial charge in [-0.15, -0.1) is 0 Å². The summed E-state index contributed by atoms with van der Waals surface area (Å²) in [4.78, 5) is -0.102. The first-order chi connectivity index (χ1) is 9.65. The topological polar surface area (TPSA) is 81.4 Å². The van der Waals surface area contributed by atoms with E-state index in [-0.39, 0.29) is 30.0 Å². The number of unbranched alkanes of at least 4 members (excludes halogenated alkanes) is 1. The maximum absolute atomic E-state index is 12.0. The number of benzene rings is 1. The van der Waals surface area contributed by atoms with Crippen molar-refractivity contribution in [2.45, 2.75) is 30.3 Å². The van der Waals surface area contributed by atoms with E-state index in [0.717, 1.165) is 0 Å². The van der Waals surface area contributed by atoms with Gasteiger partial charge in [-0.3, -0.25) is 0 Å². The van der Waals surface area contributed by atoms with Gasteiger partial charge < -0.3 is 10.5 Å². The standard InChI is InChI=1S/C12H17F3N2O3S/c1-20-10-8-9(16)4-5-11(10)21(18,19)17-7-3-2-6-12(13,14)15/h4-5,8,17H,2-3,6-7,16H2,1H3. The Balaban J connectivity index is 2.62. The summed E-state index contributed by atoms with van der Waals surface area (Å²) >= 11 is 0. The average molecular weight is 326 g/mol. The molecule has 0 amide bonds. The summed E-state index contributed by atoms with van der Waals surface area (Å²) in [7, 11) is -2.54. The molecule has 5 nitrogen and oxygen atoms in total. The van der Waals surface area contributed by atoms with Gasteiger partial charge in [0.1, 0.15) is 10.6 Å². The van der Waals surface area contributed by atoms with Gasteiger partial charge in [-0.05, 0) is 25.0 Å². The van der Waals surface area contributed by atoms with Crippen molar-refractivity contribution in [3.8, 4) is 5.75 Å². The van der Waals surface area contributed by atoms with Crippen LogP contribution in [0.15, 0.2) is 23.1 Å². The van der Waals surface area contributed by atoms with Crippen molar-refractivity contribution in [2.24, 2.45) is 0 Å². The van der Waals surface area contributed by atoms with Crippen LogP contribution >= 0.6 is 0 Å². The number of halogens is 3. The van der Waals surface area contributed by atoms with Gasteiger partial charge in [0.2, 0.25) is 10.0 Å². The lowest BCUT2D eigenvalue weighted by molar-refractivity contribution is -0.135. The van der Waals surface area contributed by atoms with Crippen molar-refractivity contribution in [3.05, 3.63) is 18.2 Å². The third-order valence-electron chi connectivity index (χ3n) is 2.66. The van der Waals surface area contributed by atoms with Crippen LogP contribution in [-0.4, -0.2) is 28.2 Å². The van der Waals surface area contributed by atoms with Crippen molar-refractivity contribution >= 4 is 15.7 Å². The first kappa shape index (κ1) is 17.6. The molecular formula is C12H17F3N2O3S. The van der Waals surface area contributed by atoms with Crippen LogP contribution in [0, 0.1) is 0 Å². The molecule has 0 unspecified atom stereocenters. The van der Waals surface area contributed by atoms with Gasteiger partial charge >= 0.3 is 6.18 Å². The van der Waals surface area contributed by atoms with Crippen molar-refractivity contribution in [2.75, 3.05) is 19.4 Å². The zero-order valence-corrected chi connectivity index (χ0v) is 12.2. The molecule has 0 atom stereocenters. The molecule has 1 aromatic carbocycles. The number of ether oxygens (including phenoxy) is 1. The predicted molar refractivity (Wildman–Crippen MR) is 72.5 cm³/mol. The van der Waals surface area contributed by atoms with Crippen molar-refractivity contribution < 1.29 is 26.3 Å². The Hall–Kier alpha value is -1.48. The van der Waals surface area contributed by atoms with Crippen molar-refractivity contribution in [1.29, 1.82) is 0 Å². The Bertz CT molecular complexity index is 574. The van der Waals surface area contributed by atoms with Gasteiger partial charge in [0, 0.05) is 24.7 Å². The van der Waals surface area contributed by atoms with E-state index >= 15 is 0 Å². The normalized spacial score (nSPS) is 12.4. The lowest BCUT2D eigenvalue weighted by Gasteiger charge is -2.11. The average Bonchev–Trinajstić information content (AvgIpc) is 2.36. The highest BCUT2D eigenvalue weighted by Crippen LogP contribution is 2.26. The lowest BCUT2D eigenvalue weighted by atomic mass is 10.2. The molecule has 0 heterocycles. The fourth-order valence-electron chi connectivity index (χ4n) is 1.64. The third kappa shape index (κ3) is 5.80. The van der Waals surface area contributed by atoms with Gasteiger partial charge in [0.05, 0.1) is 7.11 Å². The van der Waals surface area contributed by atoms with Crippen LogP contribution in [-0.2, 0) is 10.0 Å². The quantitative estimate of drug-likeness (QED) is 0.595. The van der Waals surface area contributed by atoms with Crippen LogP contribution in [0.2, 0.25) is 0 Å². The molecule has 21 heavy (non-hydrogen) atoms. The Morgan fingerprint density at radius 3 is 2.52 bits per heavy atom. The predicted octanol–water partition coefficient (Wildman–Crippen LogP) is 2.29. The van der Waals surface area contributed by atoms with Crippen LogP contribution < -0.4 is 15.2 Å².